The summed E-state index contributed by atoms with van der Waals surface area (Å²) in [5.74, 6) is -1.13. The van der Waals surface area contributed by atoms with E-state index in [1.54, 1.807) is 19.1 Å². The fraction of sp³-hybridized carbons (Fsp3) is 0.167. The van der Waals surface area contributed by atoms with E-state index in [1.807, 2.05) is 19.1 Å². The van der Waals surface area contributed by atoms with Crippen molar-refractivity contribution >= 4 is 5.97 Å². The third kappa shape index (κ3) is 1.87. The summed E-state index contributed by atoms with van der Waals surface area (Å²) in [4.78, 5) is 24.9. The average Bonchev–Trinajstić information content (AvgIpc) is 2.56. The van der Waals surface area contributed by atoms with Gasteiger partial charge in [0, 0.05) is 0 Å². The highest BCUT2D eigenvalue weighted by Crippen LogP contribution is 2.12. The Morgan fingerprint density at radius 1 is 1.24 bits per heavy atom. The lowest BCUT2D eigenvalue weighted by Crippen LogP contribution is -2.15. The molecule has 5 heteroatoms. The van der Waals surface area contributed by atoms with Gasteiger partial charge in [0.2, 0.25) is 0 Å². The number of aromatic nitrogens is 2. The summed E-state index contributed by atoms with van der Waals surface area (Å²) in [6.45, 7) is 3.54. The fourth-order valence-corrected chi connectivity index (χ4v) is 1.73. The molecule has 0 bridgehead atoms. The maximum Gasteiger partial charge on any atom is 0.354 e. The normalized spacial score (nSPS) is 10.5. The molecule has 0 unspecified atom stereocenters. The summed E-state index contributed by atoms with van der Waals surface area (Å²) < 4.78 is 1.35. The molecular weight excluding hydrogens is 220 g/mol. The molecule has 2 rings (SSSR count). The van der Waals surface area contributed by atoms with E-state index >= 15 is 0 Å². The molecule has 0 aliphatic carbocycles. The first-order chi connectivity index (χ1) is 8.00. The number of hydrogen-bond donors (Lipinski definition) is 2. The van der Waals surface area contributed by atoms with Gasteiger partial charge in [-0.3, -0.25) is 9.55 Å². The van der Waals surface area contributed by atoms with Crippen LogP contribution in [0.15, 0.2) is 29.1 Å². The van der Waals surface area contributed by atoms with Crippen molar-refractivity contribution in [2.75, 3.05) is 0 Å². The van der Waals surface area contributed by atoms with Crippen LogP contribution in [0.4, 0.5) is 0 Å². The van der Waals surface area contributed by atoms with Crippen LogP contribution in [0, 0.1) is 13.8 Å². The largest absolute Gasteiger partial charge is 0.477 e. The van der Waals surface area contributed by atoms with Gasteiger partial charge in [0.05, 0.1) is 11.4 Å². The van der Waals surface area contributed by atoms with Crippen molar-refractivity contribution in [3.05, 3.63) is 51.7 Å². The lowest BCUT2D eigenvalue weighted by Gasteiger charge is -2.04. The molecule has 1 aromatic carbocycles. The van der Waals surface area contributed by atoms with E-state index in [4.69, 9.17) is 5.11 Å². The van der Waals surface area contributed by atoms with E-state index in [-0.39, 0.29) is 5.69 Å². The maximum absolute atomic E-state index is 11.7. The fourth-order valence-electron chi connectivity index (χ4n) is 1.73. The number of hydrogen-bond acceptors (Lipinski definition) is 2. The van der Waals surface area contributed by atoms with E-state index in [1.165, 1.54) is 4.57 Å². The smallest absolute Gasteiger partial charge is 0.354 e. The molecule has 88 valence electrons. The molecule has 0 saturated heterocycles. The average molecular weight is 232 g/mol. The highest BCUT2D eigenvalue weighted by atomic mass is 16.4. The summed E-state index contributed by atoms with van der Waals surface area (Å²) in [7, 11) is 0. The van der Waals surface area contributed by atoms with Crippen LogP contribution in [-0.4, -0.2) is 20.6 Å². The Hall–Kier alpha value is -2.30. The Balaban J connectivity index is 2.64. The molecule has 17 heavy (non-hydrogen) atoms. The number of carboxylic acid groups (broad SMARTS) is 1. The summed E-state index contributed by atoms with van der Waals surface area (Å²) in [6, 6.07) is 7.30. The zero-order valence-corrected chi connectivity index (χ0v) is 9.52. The van der Waals surface area contributed by atoms with Crippen molar-refractivity contribution in [1.82, 2.24) is 9.55 Å². The Labute approximate surface area is 97.3 Å². The Morgan fingerprint density at radius 3 is 2.29 bits per heavy atom. The maximum atomic E-state index is 11.7. The van der Waals surface area contributed by atoms with Crippen LogP contribution in [0.1, 0.15) is 21.7 Å². The molecule has 2 N–H and O–H groups in total. The molecule has 0 atom stereocenters. The van der Waals surface area contributed by atoms with Gasteiger partial charge in [-0.05, 0) is 26.0 Å². The highest BCUT2D eigenvalue weighted by Gasteiger charge is 2.16. The molecule has 2 aromatic rings. The highest BCUT2D eigenvalue weighted by molar-refractivity contribution is 5.86. The van der Waals surface area contributed by atoms with Gasteiger partial charge in [-0.25, -0.2) is 9.59 Å². The molecule has 0 saturated carbocycles. The van der Waals surface area contributed by atoms with Gasteiger partial charge in [-0.2, -0.15) is 0 Å². The molecule has 0 aliphatic heterocycles. The quantitative estimate of drug-likeness (QED) is 0.823. The number of carbonyl (C=O) groups is 1. The van der Waals surface area contributed by atoms with Crippen LogP contribution < -0.4 is 5.69 Å². The minimum atomic E-state index is -1.13. The molecular formula is C12H12N2O3. The van der Waals surface area contributed by atoms with Crippen LogP contribution >= 0.6 is 0 Å². The van der Waals surface area contributed by atoms with Crippen molar-refractivity contribution < 1.29 is 9.90 Å². The van der Waals surface area contributed by atoms with E-state index in [2.05, 4.69) is 4.98 Å². The second kappa shape index (κ2) is 3.93. The monoisotopic (exact) mass is 232 g/mol. The van der Waals surface area contributed by atoms with Crippen LogP contribution in [0.25, 0.3) is 5.69 Å². The van der Waals surface area contributed by atoms with Crippen LogP contribution in [0.2, 0.25) is 0 Å². The second-order valence-electron chi connectivity index (χ2n) is 3.87. The van der Waals surface area contributed by atoms with Crippen molar-refractivity contribution in [1.29, 1.82) is 0 Å². The lowest BCUT2D eigenvalue weighted by atomic mass is 10.2. The Kier molecular flexibility index (Phi) is 2.59. The summed E-state index contributed by atoms with van der Waals surface area (Å²) in [5, 5.41) is 8.91. The van der Waals surface area contributed by atoms with Crippen LogP contribution in [0.3, 0.4) is 0 Å². The summed E-state index contributed by atoms with van der Waals surface area (Å²) in [5.41, 5.74) is 1.61. The van der Waals surface area contributed by atoms with E-state index < -0.39 is 11.7 Å². The van der Waals surface area contributed by atoms with Crippen LogP contribution in [0.5, 0.6) is 0 Å². The van der Waals surface area contributed by atoms with Gasteiger partial charge in [-0.1, -0.05) is 17.7 Å². The van der Waals surface area contributed by atoms with Gasteiger partial charge < -0.3 is 5.11 Å². The minimum absolute atomic E-state index is 0.0735. The zero-order chi connectivity index (χ0) is 12.6. The Morgan fingerprint density at radius 2 is 1.82 bits per heavy atom. The number of benzene rings is 1. The molecule has 0 radical (unpaired) electrons. The van der Waals surface area contributed by atoms with Gasteiger partial charge in [0.15, 0.2) is 0 Å². The first-order valence-electron chi connectivity index (χ1n) is 5.12. The van der Waals surface area contributed by atoms with Crippen molar-refractivity contribution in [3.8, 4) is 5.69 Å². The topological polar surface area (TPSA) is 75.1 Å². The molecule has 0 aliphatic rings. The predicted octanol–water partition coefficient (Wildman–Crippen LogP) is 1.48. The molecule has 5 nitrogen and oxygen atoms in total. The van der Waals surface area contributed by atoms with Crippen LogP contribution in [-0.2, 0) is 0 Å². The van der Waals surface area contributed by atoms with E-state index in [0.29, 0.717) is 11.4 Å². The SMILES string of the molecule is Cc1ccc(-n2c(C)c(C(=O)O)[nH]c2=O)cc1. The molecule has 0 amide bonds. The van der Waals surface area contributed by atoms with Gasteiger partial charge in [0.25, 0.3) is 0 Å². The lowest BCUT2D eigenvalue weighted by molar-refractivity contribution is 0.0690. The third-order valence-electron chi connectivity index (χ3n) is 2.64. The molecule has 1 aromatic heterocycles. The molecule has 1 heterocycles. The molecule has 0 spiro atoms. The number of aryl methyl sites for hydroxylation is 1. The minimum Gasteiger partial charge on any atom is -0.477 e. The number of rotatable bonds is 2. The Bertz CT molecular complexity index is 620. The van der Waals surface area contributed by atoms with Gasteiger partial charge in [-0.15, -0.1) is 0 Å². The first-order valence-corrected chi connectivity index (χ1v) is 5.12. The number of nitrogens with zero attached hydrogens (tertiary/aromatic N) is 1. The third-order valence-corrected chi connectivity index (χ3v) is 2.64. The number of aromatic amines is 1. The summed E-state index contributed by atoms with van der Waals surface area (Å²) in [6.07, 6.45) is 0. The number of nitrogens with one attached hydrogen (secondary N) is 1. The number of imidazole rings is 1. The van der Waals surface area contributed by atoms with Crippen molar-refractivity contribution in [2.24, 2.45) is 0 Å². The standard InChI is InChI=1S/C12H12N2O3/c1-7-3-5-9(6-4-7)14-8(2)10(11(15)16)13-12(14)17/h3-6H,1-2H3,(H,13,17)(H,15,16). The van der Waals surface area contributed by atoms with E-state index in [9.17, 15) is 9.59 Å². The number of carboxylic acids is 1. The van der Waals surface area contributed by atoms with E-state index in [0.717, 1.165) is 5.56 Å². The van der Waals surface area contributed by atoms with Crippen molar-refractivity contribution in [2.45, 2.75) is 13.8 Å². The number of aromatic carboxylic acids is 1. The number of H-pyrrole nitrogens is 1. The van der Waals surface area contributed by atoms with Crippen molar-refractivity contribution in [3.63, 3.8) is 0 Å². The zero-order valence-electron chi connectivity index (χ0n) is 9.52. The predicted molar refractivity (Wildman–Crippen MR) is 62.8 cm³/mol. The van der Waals surface area contributed by atoms with Gasteiger partial charge >= 0.3 is 11.7 Å². The second-order valence-corrected chi connectivity index (χ2v) is 3.87. The van der Waals surface area contributed by atoms with Gasteiger partial charge in [0.1, 0.15) is 5.69 Å². The first kappa shape index (κ1) is 11.2. The summed E-state index contributed by atoms with van der Waals surface area (Å²) >= 11 is 0. The molecule has 0 fully saturated rings.